The van der Waals surface area contributed by atoms with Crippen LogP contribution in [0.25, 0.3) is 5.52 Å². The number of halogens is 3. The Morgan fingerprint density at radius 1 is 1.12 bits per heavy atom. The van der Waals surface area contributed by atoms with Gasteiger partial charge in [0.25, 0.3) is 11.7 Å². The Morgan fingerprint density at radius 3 is 2.31 bits per heavy atom. The average molecular weight is 448 g/mol. The third kappa shape index (κ3) is 4.16. The number of primary amides is 1. The van der Waals surface area contributed by atoms with Gasteiger partial charge >= 0.3 is 12.1 Å². The number of alkyl halides is 3. The zero-order chi connectivity index (χ0) is 23.6. The first-order valence-corrected chi connectivity index (χ1v) is 9.54. The summed E-state index contributed by atoms with van der Waals surface area (Å²) in [6.45, 7) is 0.749. The molecule has 1 unspecified atom stereocenters. The second-order valence-electron chi connectivity index (χ2n) is 6.94. The lowest BCUT2D eigenvalue weighted by Gasteiger charge is -2.23. The molecule has 3 aromatic rings. The monoisotopic (exact) mass is 448 g/mol. The maximum absolute atomic E-state index is 14.4. The van der Waals surface area contributed by atoms with Crippen molar-refractivity contribution in [1.82, 2.24) is 4.40 Å². The molecule has 168 valence electrons. The molecule has 0 bridgehead atoms. The number of nitrogens with two attached hydrogens (primary N) is 1. The van der Waals surface area contributed by atoms with Crippen molar-refractivity contribution in [3.8, 4) is 5.75 Å². The molecule has 3 rings (SSSR count). The zero-order valence-electron chi connectivity index (χ0n) is 16.8. The van der Waals surface area contributed by atoms with E-state index in [4.69, 9.17) is 15.6 Å². The Kier molecular flexibility index (Phi) is 6.24. The predicted octanol–water partition coefficient (Wildman–Crippen LogP) is 3.33. The average Bonchev–Trinajstić information content (AvgIpc) is 3.05. The van der Waals surface area contributed by atoms with Crippen LogP contribution in [0.1, 0.15) is 40.0 Å². The maximum atomic E-state index is 14.4. The first-order chi connectivity index (χ1) is 15.1. The number of fused-ring (bicyclic) bond motifs is 1. The topological polar surface area (TPSA) is 111 Å². The Hall–Kier alpha value is -3.82. The Bertz CT molecular complexity index is 1190. The van der Waals surface area contributed by atoms with Crippen LogP contribution in [0, 0.1) is 0 Å². The highest BCUT2D eigenvalue weighted by Crippen LogP contribution is 2.45. The van der Waals surface area contributed by atoms with Gasteiger partial charge in [-0.05, 0) is 29.7 Å². The van der Waals surface area contributed by atoms with Crippen LogP contribution in [0.5, 0.6) is 5.75 Å². The van der Waals surface area contributed by atoms with Crippen molar-refractivity contribution in [2.75, 3.05) is 6.61 Å². The molecule has 7 nitrogen and oxygen atoms in total. The van der Waals surface area contributed by atoms with Crippen LogP contribution in [0.15, 0.2) is 48.7 Å². The van der Waals surface area contributed by atoms with E-state index in [9.17, 15) is 27.6 Å². The molecule has 1 atom stereocenters. The molecule has 0 saturated carbocycles. The number of carbonyl (C=O) groups excluding carboxylic acids is 2. The Balaban J connectivity index is 2.45. The first kappa shape index (κ1) is 22.9. The number of carboxylic acids is 1. The number of aromatic nitrogens is 1. The molecule has 0 radical (unpaired) electrons. The van der Waals surface area contributed by atoms with Gasteiger partial charge in [-0.25, -0.2) is 4.79 Å². The van der Waals surface area contributed by atoms with E-state index in [0.29, 0.717) is 0 Å². The number of carbonyl (C=O) groups is 3. The van der Waals surface area contributed by atoms with Gasteiger partial charge in [-0.15, -0.1) is 0 Å². The van der Waals surface area contributed by atoms with Crippen molar-refractivity contribution < 1.29 is 37.4 Å². The summed E-state index contributed by atoms with van der Waals surface area (Å²) >= 11 is 0. The van der Waals surface area contributed by atoms with Crippen LogP contribution in [0.4, 0.5) is 13.2 Å². The molecule has 2 aromatic heterocycles. The molecule has 10 heteroatoms. The lowest BCUT2D eigenvalue weighted by Crippen LogP contribution is -2.25. The van der Waals surface area contributed by atoms with Gasteiger partial charge in [0.2, 0.25) is 0 Å². The summed E-state index contributed by atoms with van der Waals surface area (Å²) in [5, 5.41) is 8.94. The van der Waals surface area contributed by atoms with E-state index < -0.39 is 36.4 Å². The quantitative estimate of drug-likeness (QED) is 0.406. The lowest BCUT2D eigenvalue weighted by atomic mass is 9.90. The summed E-state index contributed by atoms with van der Waals surface area (Å²) in [5.41, 5.74) is 4.35. The van der Waals surface area contributed by atoms with Crippen molar-refractivity contribution >= 4 is 23.2 Å². The highest BCUT2D eigenvalue weighted by Gasteiger charge is 2.46. The molecule has 0 saturated heterocycles. The van der Waals surface area contributed by atoms with E-state index in [2.05, 4.69) is 0 Å². The molecule has 3 N–H and O–H groups in total. The van der Waals surface area contributed by atoms with Gasteiger partial charge in [-0.3, -0.25) is 9.59 Å². The van der Waals surface area contributed by atoms with E-state index in [-0.39, 0.29) is 40.1 Å². The zero-order valence-corrected chi connectivity index (χ0v) is 16.8. The van der Waals surface area contributed by atoms with Gasteiger partial charge in [0.05, 0.1) is 11.1 Å². The lowest BCUT2D eigenvalue weighted by molar-refractivity contribution is -0.142. The third-order valence-corrected chi connectivity index (χ3v) is 4.95. The fraction of sp³-hybridized carbons (Fsp3) is 0.227. The van der Waals surface area contributed by atoms with Crippen LogP contribution in [-0.4, -0.2) is 40.0 Å². The molecule has 1 aromatic carbocycles. The molecule has 32 heavy (non-hydrogen) atoms. The molecule has 1 amide bonds. The Morgan fingerprint density at radius 2 is 1.78 bits per heavy atom. The number of hydrogen-bond acceptors (Lipinski definition) is 4. The SMILES string of the molecule is CCc1c(C(=O)C(N)=O)c2c(OCC(=O)O)cccn2c1C(c1ccccc1)C(F)(F)F. The summed E-state index contributed by atoms with van der Waals surface area (Å²) in [6, 6.07) is 9.82. The highest BCUT2D eigenvalue weighted by molar-refractivity contribution is 6.44. The van der Waals surface area contributed by atoms with Gasteiger partial charge in [-0.1, -0.05) is 37.3 Å². The second-order valence-corrected chi connectivity index (χ2v) is 6.94. The number of rotatable bonds is 8. The minimum absolute atomic E-state index is 0.0219. The first-order valence-electron chi connectivity index (χ1n) is 9.54. The number of Topliss-reactive ketones (excluding diaryl/α,β-unsaturated/α-hetero) is 1. The van der Waals surface area contributed by atoms with Crippen molar-refractivity contribution in [1.29, 1.82) is 0 Å². The van der Waals surface area contributed by atoms with Crippen molar-refractivity contribution in [3.05, 3.63) is 71.0 Å². The number of ketones is 1. The smallest absolute Gasteiger partial charge is 0.401 e. The van der Waals surface area contributed by atoms with Gasteiger partial charge in [0.1, 0.15) is 11.7 Å². The summed E-state index contributed by atoms with van der Waals surface area (Å²) in [7, 11) is 0. The standard InChI is InChI=1S/C22H19F3N2O5/c1-2-13-16(20(30)21(26)31)19-14(32-11-15(28)29)9-6-10-27(19)18(13)17(22(23,24)25)12-7-4-3-5-8-12/h3-10,17H,2,11H2,1H3,(H2,26,31)(H,28,29). The summed E-state index contributed by atoms with van der Waals surface area (Å²) < 4.78 is 49.4. The number of benzene rings is 1. The van der Waals surface area contributed by atoms with E-state index in [1.165, 1.54) is 42.6 Å². The second kappa shape index (κ2) is 8.74. The molecule has 2 heterocycles. The van der Waals surface area contributed by atoms with Crippen LogP contribution < -0.4 is 10.5 Å². The number of pyridine rings is 1. The van der Waals surface area contributed by atoms with Crippen LogP contribution in [0.2, 0.25) is 0 Å². The predicted molar refractivity (Wildman–Crippen MR) is 108 cm³/mol. The molecular weight excluding hydrogens is 429 g/mol. The highest BCUT2D eigenvalue weighted by atomic mass is 19.4. The van der Waals surface area contributed by atoms with Crippen molar-refractivity contribution in [2.24, 2.45) is 5.73 Å². The van der Waals surface area contributed by atoms with Crippen molar-refractivity contribution in [2.45, 2.75) is 25.4 Å². The molecular formula is C22H19F3N2O5. The third-order valence-electron chi connectivity index (χ3n) is 4.95. The van der Waals surface area contributed by atoms with Gasteiger partial charge in [-0.2, -0.15) is 13.2 Å². The minimum atomic E-state index is -4.75. The van der Waals surface area contributed by atoms with Gasteiger partial charge in [0.15, 0.2) is 6.61 Å². The van der Waals surface area contributed by atoms with E-state index in [0.717, 1.165) is 4.40 Å². The summed E-state index contributed by atoms with van der Waals surface area (Å²) in [5.74, 6) is -6.15. The van der Waals surface area contributed by atoms with E-state index in [1.807, 2.05) is 0 Å². The summed E-state index contributed by atoms with van der Waals surface area (Å²) in [6.07, 6.45) is -3.47. The number of aliphatic carboxylic acids is 1. The van der Waals surface area contributed by atoms with E-state index >= 15 is 0 Å². The molecule has 0 spiro atoms. The van der Waals surface area contributed by atoms with Crippen LogP contribution in [0.3, 0.4) is 0 Å². The number of amides is 1. The molecule has 0 aliphatic carbocycles. The van der Waals surface area contributed by atoms with Crippen molar-refractivity contribution in [3.63, 3.8) is 0 Å². The van der Waals surface area contributed by atoms with Crippen LogP contribution in [-0.2, 0) is 16.0 Å². The fourth-order valence-corrected chi connectivity index (χ4v) is 3.79. The molecule has 0 aliphatic rings. The normalized spacial score (nSPS) is 12.5. The fourth-order valence-electron chi connectivity index (χ4n) is 3.79. The van der Waals surface area contributed by atoms with Crippen LogP contribution >= 0.6 is 0 Å². The number of nitrogens with zero attached hydrogens (tertiary/aromatic N) is 1. The Labute approximate surface area is 180 Å². The number of ether oxygens (including phenoxy) is 1. The largest absolute Gasteiger partial charge is 0.480 e. The molecule has 0 fully saturated rings. The summed E-state index contributed by atoms with van der Waals surface area (Å²) in [4.78, 5) is 35.4. The number of carboxylic acid groups (broad SMARTS) is 1. The van der Waals surface area contributed by atoms with E-state index in [1.54, 1.807) is 13.0 Å². The minimum Gasteiger partial charge on any atom is -0.480 e. The molecule has 0 aliphatic heterocycles. The number of hydrogen-bond donors (Lipinski definition) is 2. The van der Waals surface area contributed by atoms with Gasteiger partial charge < -0.3 is 20.0 Å². The van der Waals surface area contributed by atoms with Gasteiger partial charge in [0, 0.05) is 11.9 Å². The maximum Gasteiger partial charge on any atom is 0.401 e.